The first-order chi connectivity index (χ1) is 16.1. The van der Waals surface area contributed by atoms with Gasteiger partial charge in [-0.05, 0) is 69.9 Å². The van der Waals surface area contributed by atoms with Crippen molar-refractivity contribution in [1.82, 2.24) is 15.2 Å². The van der Waals surface area contributed by atoms with Gasteiger partial charge in [0.15, 0.2) is 0 Å². The van der Waals surface area contributed by atoms with Gasteiger partial charge in [0.25, 0.3) is 5.91 Å². The van der Waals surface area contributed by atoms with Crippen molar-refractivity contribution >= 4 is 45.1 Å². The summed E-state index contributed by atoms with van der Waals surface area (Å²) in [6.45, 7) is 5.45. The van der Waals surface area contributed by atoms with E-state index in [2.05, 4.69) is 10.3 Å². The lowest BCUT2D eigenvalue weighted by Gasteiger charge is -2.21. The fraction of sp³-hybridized carbons (Fsp3) is 0.400. The minimum absolute atomic E-state index is 0.165. The molecule has 2 atom stereocenters. The van der Waals surface area contributed by atoms with Crippen molar-refractivity contribution in [1.29, 1.82) is 0 Å². The molecule has 1 N–H and O–H groups in total. The van der Waals surface area contributed by atoms with Gasteiger partial charge in [-0.15, -0.1) is 11.3 Å². The molecule has 178 valence electrons. The maximum atomic E-state index is 14.4. The molecule has 3 aromatic rings. The van der Waals surface area contributed by atoms with Gasteiger partial charge in [0.2, 0.25) is 0 Å². The van der Waals surface area contributed by atoms with Crippen molar-refractivity contribution in [3.05, 3.63) is 45.9 Å². The number of aryl methyl sites for hydroxylation is 1. The number of thiophene rings is 1. The normalized spacial score (nSPS) is 22.0. The van der Waals surface area contributed by atoms with Crippen LogP contribution in [0.1, 0.15) is 43.6 Å². The van der Waals surface area contributed by atoms with Crippen LogP contribution in [0.2, 0.25) is 5.02 Å². The number of halogens is 2. The molecule has 2 fully saturated rings. The van der Waals surface area contributed by atoms with Crippen LogP contribution in [0.5, 0.6) is 5.75 Å². The number of imide groups is 1. The first-order valence-corrected chi connectivity index (χ1v) is 12.5. The molecule has 0 spiro atoms. The number of carbonyl (C=O) groups is 2. The standard InChI is InChI=1S/C25H25ClFN3O3S/c1-13-9-14(26)10-17(21(13)33-20-6-4-5-18(20)27)16-7-8-28-19-11-15(34-22(16)19)12-30-23(31)25(2,3)29-24(30)32/h7-11,18,20H,4-6,12H2,1-3H3,(H,29,32)/t18-,20+/m0/s1. The van der Waals surface area contributed by atoms with Gasteiger partial charge in [-0.2, -0.15) is 0 Å². The number of nitrogens with one attached hydrogen (secondary N) is 1. The van der Waals surface area contributed by atoms with E-state index in [1.54, 1.807) is 20.0 Å². The molecule has 0 unspecified atom stereocenters. The number of hydrogen-bond acceptors (Lipinski definition) is 5. The van der Waals surface area contributed by atoms with Crippen LogP contribution in [-0.4, -0.2) is 39.6 Å². The Morgan fingerprint density at radius 1 is 1.26 bits per heavy atom. The lowest BCUT2D eigenvalue weighted by atomic mass is 10.0. The highest BCUT2D eigenvalue weighted by Gasteiger charge is 2.44. The minimum Gasteiger partial charge on any atom is -0.486 e. The second kappa shape index (κ2) is 8.50. The van der Waals surface area contributed by atoms with Gasteiger partial charge in [-0.3, -0.25) is 14.7 Å². The van der Waals surface area contributed by atoms with E-state index >= 15 is 0 Å². The van der Waals surface area contributed by atoms with Crippen LogP contribution in [0.4, 0.5) is 9.18 Å². The zero-order valence-corrected chi connectivity index (χ0v) is 20.7. The van der Waals surface area contributed by atoms with E-state index < -0.39 is 23.8 Å². The van der Waals surface area contributed by atoms with Crippen LogP contribution in [-0.2, 0) is 11.3 Å². The summed E-state index contributed by atoms with van der Waals surface area (Å²) in [7, 11) is 0. The fourth-order valence-corrected chi connectivity index (χ4v) is 6.05. The lowest BCUT2D eigenvalue weighted by molar-refractivity contribution is -0.130. The Morgan fingerprint density at radius 3 is 2.74 bits per heavy atom. The van der Waals surface area contributed by atoms with Crippen molar-refractivity contribution in [2.24, 2.45) is 0 Å². The quantitative estimate of drug-likeness (QED) is 0.433. The first kappa shape index (κ1) is 23.1. The molecule has 3 amide bonds. The Labute approximate surface area is 206 Å². The van der Waals surface area contributed by atoms with Crippen LogP contribution in [0.25, 0.3) is 21.3 Å². The number of pyridine rings is 1. The number of alkyl halides is 1. The molecule has 3 heterocycles. The molecule has 34 heavy (non-hydrogen) atoms. The zero-order valence-electron chi connectivity index (χ0n) is 19.2. The highest BCUT2D eigenvalue weighted by atomic mass is 35.5. The third-order valence-corrected chi connectivity index (χ3v) is 7.75. The number of nitrogens with zero attached hydrogens (tertiary/aromatic N) is 2. The average molecular weight is 502 g/mol. The Bertz CT molecular complexity index is 1310. The van der Waals surface area contributed by atoms with Crippen LogP contribution in [0, 0.1) is 6.92 Å². The summed E-state index contributed by atoms with van der Waals surface area (Å²) in [6, 6.07) is 7.03. The number of amides is 3. The monoisotopic (exact) mass is 501 g/mol. The van der Waals surface area contributed by atoms with E-state index in [0.717, 1.165) is 38.2 Å². The molecule has 1 aliphatic carbocycles. The zero-order chi connectivity index (χ0) is 24.2. The molecule has 9 heteroatoms. The number of benzene rings is 1. The highest BCUT2D eigenvalue weighted by molar-refractivity contribution is 7.19. The summed E-state index contributed by atoms with van der Waals surface area (Å²) in [4.78, 5) is 31.5. The second-order valence-electron chi connectivity index (χ2n) is 9.43. The number of ether oxygens (including phenoxy) is 1. The number of rotatable bonds is 5. The summed E-state index contributed by atoms with van der Waals surface area (Å²) < 4.78 is 21.5. The largest absolute Gasteiger partial charge is 0.486 e. The van der Waals surface area contributed by atoms with Gasteiger partial charge in [-0.1, -0.05) is 11.6 Å². The Kier molecular flexibility index (Phi) is 5.76. The molecular formula is C25H25ClFN3O3S. The third kappa shape index (κ3) is 4.03. The van der Waals surface area contributed by atoms with E-state index in [4.69, 9.17) is 16.3 Å². The Morgan fingerprint density at radius 2 is 2.06 bits per heavy atom. The summed E-state index contributed by atoms with van der Waals surface area (Å²) in [5.74, 6) is 0.360. The van der Waals surface area contributed by atoms with Crippen molar-refractivity contribution in [3.63, 3.8) is 0 Å². The van der Waals surface area contributed by atoms with Crippen LogP contribution in [0.15, 0.2) is 30.5 Å². The molecule has 1 aromatic carbocycles. The van der Waals surface area contributed by atoms with Crippen LogP contribution >= 0.6 is 22.9 Å². The number of urea groups is 1. The molecule has 0 radical (unpaired) electrons. The van der Waals surface area contributed by atoms with Crippen LogP contribution < -0.4 is 10.1 Å². The van der Waals surface area contributed by atoms with E-state index in [9.17, 15) is 14.0 Å². The fourth-order valence-electron chi connectivity index (χ4n) is 4.65. The van der Waals surface area contributed by atoms with Gasteiger partial charge >= 0.3 is 6.03 Å². The predicted molar refractivity (Wildman–Crippen MR) is 131 cm³/mol. The SMILES string of the molecule is Cc1cc(Cl)cc(-c2ccnc3cc(CN4C(=O)NC(C)(C)C4=O)sc23)c1O[C@@H]1CCC[C@@H]1F. The number of fused-ring (bicyclic) bond motifs is 1. The van der Waals surface area contributed by atoms with Gasteiger partial charge < -0.3 is 10.1 Å². The van der Waals surface area contributed by atoms with Gasteiger partial charge in [0, 0.05) is 27.2 Å². The summed E-state index contributed by atoms with van der Waals surface area (Å²) >= 11 is 7.88. The average Bonchev–Trinajstić information content (AvgIpc) is 3.42. The van der Waals surface area contributed by atoms with Crippen LogP contribution in [0.3, 0.4) is 0 Å². The van der Waals surface area contributed by atoms with Crippen molar-refractivity contribution in [2.45, 2.75) is 64.4 Å². The van der Waals surface area contributed by atoms with Gasteiger partial charge in [0.05, 0.1) is 16.8 Å². The Balaban J connectivity index is 1.55. The second-order valence-corrected chi connectivity index (χ2v) is 11.0. The van der Waals surface area contributed by atoms with Gasteiger partial charge in [-0.25, -0.2) is 9.18 Å². The summed E-state index contributed by atoms with van der Waals surface area (Å²) in [5, 5.41) is 3.27. The Hall–Kier alpha value is -2.71. The molecule has 2 aliphatic rings. The molecule has 1 aliphatic heterocycles. The van der Waals surface area contributed by atoms with Crippen molar-refractivity contribution in [3.8, 4) is 16.9 Å². The molecule has 1 saturated carbocycles. The third-order valence-electron chi connectivity index (χ3n) is 6.39. The summed E-state index contributed by atoms with van der Waals surface area (Å²) in [5.41, 5.74) is 2.31. The van der Waals surface area contributed by atoms with E-state index in [1.807, 2.05) is 31.2 Å². The van der Waals surface area contributed by atoms with E-state index in [1.165, 1.54) is 16.2 Å². The first-order valence-electron chi connectivity index (χ1n) is 11.3. The molecule has 2 aromatic heterocycles. The molecule has 1 saturated heterocycles. The minimum atomic E-state index is -0.984. The lowest BCUT2D eigenvalue weighted by Crippen LogP contribution is -2.40. The smallest absolute Gasteiger partial charge is 0.325 e. The molecular weight excluding hydrogens is 477 g/mol. The number of hydrogen-bond donors (Lipinski definition) is 1. The molecule has 0 bridgehead atoms. The van der Waals surface area contributed by atoms with E-state index in [0.29, 0.717) is 23.6 Å². The van der Waals surface area contributed by atoms with Crippen molar-refractivity contribution < 1.29 is 18.7 Å². The maximum absolute atomic E-state index is 14.4. The van der Waals surface area contributed by atoms with Gasteiger partial charge in [0.1, 0.15) is 23.6 Å². The maximum Gasteiger partial charge on any atom is 0.325 e. The molecule has 6 nitrogen and oxygen atoms in total. The number of aromatic nitrogens is 1. The van der Waals surface area contributed by atoms with Crippen molar-refractivity contribution in [2.75, 3.05) is 0 Å². The summed E-state index contributed by atoms with van der Waals surface area (Å²) in [6.07, 6.45) is 2.25. The topological polar surface area (TPSA) is 71.5 Å². The van der Waals surface area contributed by atoms with E-state index in [-0.39, 0.29) is 12.5 Å². The predicted octanol–water partition coefficient (Wildman–Crippen LogP) is 6.02. The number of carbonyl (C=O) groups excluding carboxylic acids is 2. The highest BCUT2D eigenvalue weighted by Crippen LogP contribution is 2.43. The molecule has 5 rings (SSSR count).